The van der Waals surface area contributed by atoms with E-state index in [9.17, 15) is 22.8 Å². The lowest BCUT2D eigenvalue weighted by Crippen LogP contribution is -2.32. The van der Waals surface area contributed by atoms with Gasteiger partial charge < -0.3 is 30.4 Å². The Balaban J connectivity index is 0.00000132. The molecule has 8 nitrogen and oxygen atoms in total. The Morgan fingerprint density at radius 3 is 1.95 bits per heavy atom. The van der Waals surface area contributed by atoms with E-state index in [0.717, 1.165) is 5.56 Å². The number of benzene rings is 2. The van der Waals surface area contributed by atoms with Crippen molar-refractivity contribution in [3.05, 3.63) is 59.7 Å². The highest BCUT2D eigenvalue weighted by Crippen LogP contribution is 2.25. The van der Waals surface area contributed by atoms with Gasteiger partial charge in [-0.05, 0) is 69.5 Å². The lowest BCUT2D eigenvalue weighted by molar-refractivity contribution is -0.274. The van der Waals surface area contributed by atoms with Crippen molar-refractivity contribution in [3.63, 3.8) is 0 Å². The third kappa shape index (κ3) is 14.4. The Hall–Kier alpha value is -3.31. The summed E-state index contributed by atoms with van der Waals surface area (Å²) in [4.78, 5) is 23.5. The Morgan fingerprint density at radius 1 is 0.974 bits per heavy atom. The number of ether oxygens (including phenoxy) is 3. The second kappa shape index (κ2) is 15.2. The number of nitrogens with two attached hydrogens (primary N) is 1. The summed E-state index contributed by atoms with van der Waals surface area (Å²) in [5.41, 5.74) is 6.73. The molecule has 0 radical (unpaired) electrons. The Kier molecular flexibility index (Phi) is 13.1. The number of halogens is 3. The molecule has 0 heterocycles. The van der Waals surface area contributed by atoms with E-state index < -0.39 is 30.4 Å². The maximum absolute atomic E-state index is 12.3. The molecule has 0 aliphatic rings. The van der Waals surface area contributed by atoms with Gasteiger partial charge in [0, 0.05) is 18.6 Å². The molecule has 0 aromatic heterocycles. The number of aliphatic carboxylic acids is 1. The second-order valence-electron chi connectivity index (χ2n) is 9.43. The van der Waals surface area contributed by atoms with Gasteiger partial charge in [0.05, 0.1) is 6.04 Å². The minimum Gasteiger partial charge on any atom is -0.484 e. The van der Waals surface area contributed by atoms with Gasteiger partial charge in [0.1, 0.15) is 11.5 Å². The SMILES string of the molecule is CC(C)(C)N.CCO[C@@H](Cc1ccc(OCC(=O)NC(CC)c2ccc(OC(F)(F)F)cc2)cc1)C(=O)O. The number of alkyl halides is 3. The number of carbonyl (C=O) groups excluding carboxylic acids is 1. The van der Waals surface area contributed by atoms with Gasteiger partial charge >= 0.3 is 12.3 Å². The molecule has 0 aliphatic carbocycles. The second-order valence-corrected chi connectivity index (χ2v) is 9.43. The molecule has 212 valence electrons. The number of nitrogens with one attached hydrogen (secondary N) is 1. The first kappa shape index (κ1) is 32.7. The zero-order valence-corrected chi connectivity index (χ0v) is 22.3. The van der Waals surface area contributed by atoms with Crippen molar-refractivity contribution in [2.24, 2.45) is 5.73 Å². The molecule has 11 heteroatoms. The fourth-order valence-corrected chi connectivity index (χ4v) is 3.06. The van der Waals surface area contributed by atoms with Crippen molar-refractivity contribution in [1.29, 1.82) is 0 Å². The van der Waals surface area contributed by atoms with E-state index in [2.05, 4.69) is 10.1 Å². The lowest BCUT2D eigenvalue weighted by Gasteiger charge is -2.18. The molecule has 0 spiro atoms. The van der Waals surface area contributed by atoms with Crippen molar-refractivity contribution in [2.75, 3.05) is 13.2 Å². The highest BCUT2D eigenvalue weighted by Gasteiger charge is 2.31. The van der Waals surface area contributed by atoms with Crippen LogP contribution in [0.15, 0.2) is 48.5 Å². The molecule has 2 aromatic rings. The summed E-state index contributed by atoms with van der Waals surface area (Å²) in [5, 5.41) is 11.9. The molecule has 0 aliphatic heterocycles. The Labute approximate surface area is 221 Å². The summed E-state index contributed by atoms with van der Waals surface area (Å²) in [6.07, 6.45) is -4.98. The predicted octanol–water partition coefficient (Wildman–Crippen LogP) is 5.01. The van der Waals surface area contributed by atoms with E-state index in [1.165, 1.54) is 24.3 Å². The first-order valence-corrected chi connectivity index (χ1v) is 12.1. The smallest absolute Gasteiger partial charge is 0.484 e. The van der Waals surface area contributed by atoms with E-state index in [1.807, 2.05) is 27.7 Å². The van der Waals surface area contributed by atoms with Crippen LogP contribution in [0.2, 0.25) is 0 Å². The van der Waals surface area contributed by atoms with Gasteiger partial charge in [0.2, 0.25) is 0 Å². The average Bonchev–Trinajstić information content (AvgIpc) is 2.80. The number of amides is 1. The molecular formula is C27H37F3N2O6. The third-order valence-electron chi connectivity index (χ3n) is 4.62. The minimum atomic E-state index is -4.77. The van der Waals surface area contributed by atoms with Crippen molar-refractivity contribution in [1.82, 2.24) is 5.32 Å². The Morgan fingerprint density at radius 2 is 1.50 bits per heavy atom. The van der Waals surface area contributed by atoms with E-state index in [-0.39, 0.29) is 30.9 Å². The molecule has 0 bridgehead atoms. The number of carbonyl (C=O) groups is 2. The standard InChI is InChI=1S/C23H26F3NO6.C4H11N/c1-3-19(16-7-11-18(12-8-16)33-23(24,25)26)27-21(28)14-32-17-9-5-15(6-10-17)13-20(22(29)30)31-4-2;1-4(2,3)5/h5-12,19-20H,3-4,13-14H2,1-2H3,(H,27,28)(H,29,30);5H2,1-3H3/t19?,20-;/m0./s1. The highest BCUT2D eigenvalue weighted by atomic mass is 19.4. The molecule has 2 aromatic carbocycles. The first-order valence-electron chi connectivity index (χ1n) is 12.1. The molecule has 0 saturated carbocycles. The van der Waals surface area contributed by atoms with Gasteiger partial charge in [-0.25, -0.2) is 4.79 Å². The molecule has 4 N–H and O–H groups in total. The molecule has 2 rings (SSSR count). The monoisotopic (exact) mass is 542 g/mol. The van der Waals surface area contributed by atoms with Crippen LogP contribution in [0.3, 0.4) is 0 Å². The van der Waals surface area contributed by atoms with Crippen LogP contribution in [-0.2, 0) is 20.7 Å². The summed E-state index contributed by atoms with van der Waals surface area (Å²) in [6.45, 7) is 9.47. The van der Waals surface area contributed by atoms with Gasteiger partial charge in [-0.2, -0.15) is 0 Å². The van der Waals surface area contributed by atoms with Crippen molar-refractivity contribution < 1.29 is 42.1 Å². The van der Waals surface area contributed by atoms with Crippen LogP contribution in [-0.4, -0.2) is 48.2 Å². The molecule has 1 amide bonds. The molecule has 1 unspecified atom stereocenters. The minimum absolute atomic E-state index is 0. The fraction of sp³-hybridized carbons (Fsp3) is 0.481. The topological polar surface area (TPSA) is 120 Å². The van der Waals surface area contributed by atoms with Crippen LogP contribution in [0, 0.1) is 0 Å². The zero-order chi connectivity index (χ0) is 28.9. The van der Waals surface area contributed by atoms with Gasteiger partial charge in [-0.1, -0.05) is 31.2 Å². The number of carboxylic acids is 1. The van der Waals surface area contributed by atoms with Crippen molar-refractivity contribution in [2.45, 2.75) is 71.5 Å². The molecule has 0 fully saturated rings. The molecular weight excluding hydrogens is 505 g/mol. The van der Waals surface area contributed by atoms with Crippen LogP contribution in [0.1, 0.15) is 58.2 Å². The van der Waals surface area contributed by atoms with Crippen molar-refractivity contribution >= 4 is 11.9 Å². The summed E-state index contributed by atoms with van der Waals surface area (Å²) >= 11 is 0. The zero-order valence-electron chi connectivity index (χ0n) is 22.3. The average molecular weight is 543 g/mol. The summed E-state index contributed by atoms with van der Waals surface area (Å²) in [5.74, 6) is -1.35. The molecule has 2 atom stereocenters. The van der Waals surface area contributed by atoms with E-state index in [4.69, 9.17) is 20.3 Å². The van der Waals surface area contributed by atoms with Crippen LogP contribution in [0.25, 0.3) is 0 Å². The highest BCUT2D eigenvalue weighted by molar-refractivity contribution is 5.78. The maximum Gasteiger partial charge on any atom is 0.573 e. The summed E-state index contributed by atoms with van der Waals surface area (Å²) < 4.78 is 51.4. The Bertz CT molecular complexity index is 984. The number of hydrogen-bond acceptors (Lipinski definition) is 6. The maximum atomic E-state index is 12.3. The van der Waals surface area contributed by atoms with Crippen LogP contribution in [0.4, 0.5) is 13.2 Å². The third-order valence-corrected chi connectivity index (χ3v) is 4.62. The molecule has 38 heavy (non-hydrogen) atoms. The van der Waals surface area contributed by atoms with Gasteiger partial charge in [-0.3, -0.25) is 4.79 Å². The first-order chi connectivity index (χ1) is 17.6. The number of hydrogen-bond donors (Lipinski definition) is 3. The normalized spacial score (nSPS) is 13.0. The van der Waals surface area contributed by atoms with E-state index in [0.29, 0.717) is 17.7 Å². The largest absolute Gasteiger partial charge is 0.573 e. The quantitative estimate of drug-likeness (QED) is 0.345. The van der Waals surface area contributed by atoms with Crippen LogP contribution in [0.5, 0.6) is 11.5 Å². The van der Waals surface area contributed by atoms with Crippen LogP contribution >= 0.6 is 0 Å². The fourth-order valence-electron chi connectivity index (χ4n) is 3.06. The van der Waals surface area contributed by atoms with Gasteiger partial charge in [0.15, 0.2) is 12.7 Å². The lowest BCUT2D eigenvalue weighted by atomic mass is 10.0. The number of carboxylic acid groups (broad SMARTS) is 1. The molecule has 0 saturated heterocycles. The summed E-state index contributed by atoms with van der Waals surface area (Å²) in [7, 11) is 0. The van der Waals surface area contributed by atoms with E-state index in [1.54, 1.807) is 31.2 Å². The summed E-state index contributed by atoms with van der Waals surface area (Å²) in [6, 6.07) is 11.5. The predicted molar refractivity (Wildman–Crippen MR) is 137 cm³/mol. The van der Waals surface area contributed by atoms with Crippen molar-refractivity contribution in [3.8, 4) is 11.5 Å². The van der Waals surface area contributed by atoms with Gasteiger partial charge in [0.25, 0.3) is 5.91 Å². The van der Waals surface area contributed by atoms with Crippen LogP contribution < -0.4 is 20.5 Å². The van der Waals surface area contributed by atoms with Gasteiger partial charge in [-0.15, -0.1) is 13.2 Å². The van der Waals surface area contributed by atoms with E-state index >= 15 is 0 Å². The number of rotatable bonds is 12.